The number of rotatable bonds is 5. The number of nitrogens with two attached hydrogens (primary N) is 1. The maximum Gasteiger partial charge on any atom is 0.463 e. The van der Waals surface area contributed by atoms with Crippen LogP contribution < -0.4 is 11.1 Å². The molecule has 0 bridgehead atoms. The molecule has 15 heteroatoms. The molecule has 0 radical (unpaired) electrons. The molecule has 0 unspecified atom stereocenters. The van der Waals surface area contributed by atoms with Crippen molar-refractivity contribution in [1.29, 1.82) is 5.41 Å². The predicted molar refractivity (Wildman–Crippen MR) is 114 cm³/mol. The number of anilines is 1. The monoisotopic (exact) mass is 527 g/mol. The second-order valence-corrected chi connectivity index (χ2v) is 8.79. The Bertz CT molecular complexity index is 798. The lowest BCUT2D eigenvalue weighted by Crippen LogP contribution is -2.50. The van der Waals surface area contributed by atoms with Gasteiger partial charge < -0.3 is 25.8 Å². The summed E-state index contributed by atoms with van der Waals surface area (Å²) >= 11 is 11.0. The molecule has 1 fully saturated rings. The van der Waals surface area contributed by atoms with Crippen LogP contribution in [0.2, 0.25) is 16.4 Å². The Morgan fingerprint density at radius 1 is 0.970 bits per heavy atom. The zero-order valence-corrected chi connectivity index (χ0v) is 19.5. The van der Waals surface area contributed by atoms with E-state index in [0.717, 1.165) is 0 Å². The van der Waals surface area contributed by atoms with Crippen molar-refractivity contribution in [2.24, 2.45) is 5.73 Å². The molecule has 5 nitrogen and oxygen atoms in total. The van der Waals surface area contributed by atoms with Crippen molar-refractivity contribution in [1.82, 2.24) is 0 Å². The first-order valence-electron chi connectivity index (χ1n) is 9.35. The van der Waals surface area contributed by atoms with Gasteiger partial charge in [-0.05, 0) is 46.0 Å². The van der Waals surface area contributed by atoms with Crippen LogP contribution in [0.5, 0.6) is 0 Å². The van der Waals surface area contributed by atoms with E-state index in [4.69, 9.17) is 43.7 Å². The molecule has 188 valence electrons. The molecule has 33 heavy (non-hydrogen) atoms. The van der Waals surface area contributed by atoms with Crippen molar-refractivity contribution < 1.29 is 40.0 Å². The summed E-state index contributed by atoms with van der Waals surface area (Å²) < 4.78 is 101. The molecule has 0 aliphatic carbocycles. The largest absolute Gasteiger partial charge is 0.463 e. The summed E-state index contributed by atoms with van der Waals surface area (Å²) in [5.41, 5.74) is -2.98. The van der Waals surface area contributed by atoms with E-state index in [1.54, 1.807) is 0 Å². The molecule has 2 rings (SSSR count). The van der Waals surface area contributed by atoms with Crippen LogP contribution in [0.15, 0.2) is 12.1 Å². The molecular formula is C18H23BCl2F7N3O2. The zero-order chi connectivity index (χ0) is 26.0. The van der Waals surface area contributed by atoms with Crippen LogP contribution in [-0.4, -0.2) is 43.6 Å². The molecule has 0 aromatic heterocycles. The van der Waals surface area contributed by atoms with E-state index in [9.17, 15) is 30.7 Å². The summed E-state index contributed by atoms with van der Waals surface area (Å²) in [4.78, 5) is 0. The van der Waals surface area contributed by atoms with Gasteiger partial charge in [0.05, 0.1) is 33.6 Å². The van der Waals surface area contributed by atoms with E-state index in [2.05, 4.69) is 5.32 Å². The predicted octanol–water partition coefficient (Wildman–Crippen LogP) is 6.34. The smallest absolute Gasteiger partial charge is 0.403 e. The topological polar surface area (TPSA) is 80.4 Å². The van der Waals surface area contributed by atoms with Crippen LogP contribution in [0, 0.1) is 5.41 Å². The minimum absolute atomic E-state index is 0.198. The lowest BCUT2D eigenvalue weighted by molar-refractivity contribution is -0.348. The molecule has 1 aliphatic heterocycles. The number of hydrogen-bond donors (Lipinski definition) is 3. The van der Waals surface area contributed by atoms with Gasteiger partial charge in [-0.3, -0.25) is 0 Å². The third kappa shape index (κ3) is 6.24. The van der Waals surface area contributed by atoms with Crippen molar-refractivity contribution in [2.75, 3.05) is 12.0 Å². The molecule has 1 heterocycles. The van der Waals surface area contributed by atoms with Crippen LogP contribution in [0.4, 0.5) is 36.4 Å². The van der Waals surface area contributed by atoms with Gasteiger partial charge in [-0.15, -0.1) is 0 Å². The summed E-state index contributed by atoms with van der Waals surface area (Å²) in [7, 11) is -0.243. The molecular weight excluding hydrogens is 505 g/mol. The average molecular weight is 528 g/mol. The van der Waals surface area contributed by atoms with Gasteiger partial charge in [0.25, 0.3) is 0 Å². The standard InChI is InChI=1S/C10H7Cl2F7N2.C8H16BNO2/c11-5-1-4(2-6(12)7(5)21-3-20)8(13,9(14,15)16)10(17,18)19;1-7(2)8(3,4)12-9(11-7)5-6-10/h1-2,21H,3,20H2;6,10H,5H2,1-4H3. The van der Waals surface area contributed by atoms with E-state index >= 15 is 0 Å². The van der Waals surface area contributed by atoms with Crippen LogP contribution >= 0.6 is 23.2 Å². The van der Waals surface area contributed by atoms with Gasteiger partial charge in [0, 0.05) is 11.9 Å². The van der Waals surface area contributed by atoms with Crippen molar-refractivity contribution >= 4 is 42.2 Å². The van der Waals surface area contributed by atoms with E-state index in [1.165, 1.54) is 6.21 Å². The maximum atomic E-state index is 13.8. The van der Waals surface area contributed by atoms with E-state index in [0.29, 0.717) is 6.32 Å². The molecule has 1 saturated heterocycles. The van der Waals surface area contributed by atoms with Crippen molar-refractivity contribution in [3.8, 4) is 0 Å². The average Bonchev–Trinajstić information content (AvgIpc) is 2.82. The first kappa shape index (κ1) is 29.8. The van der Waals surface area contributed by atoms with Crippen molar-refractivity contribution in [3.05, 3.63) is 27.7 Å². The highest BCUT2D eigenvalue weighted by molar-refractivity contribution is 6.49. The van der Waals surface area contributed by atoms with E-state index < -0.39 is 33.6 Å². The normalized spacial score (nSPS) is 17.9. The fourth-order valence-corrected chi connectivity index (χ4v) is 3.31. The minimum atomic E-state index is -6.24. The summed E-state index contributed by atoms with van der Waals surface area (Å²) in [5.74, 6) is 0. The maximum absolute atomic E-state index is 13.8. The zero-order valence-electron chi connectivity index (χ0n) is 18.0. The molecule has 4 N–H and O–H groups in total. The summed E-state index contributed by atoms with van der Waals surface area (Å²) in [6.45, 7) is 7.81. The fraction of sp³-hybridized carbons (Fsp3) is 0.611. The van der Waals surface area contributed by atoms with Crippen LogP contribution in [0.25, 0.3) is 0 Å². The van der Waals surface area contributed by atoms with Gasteiger partial charge in [0.15, 0.2) is 0 Å². The minimum Gasteiger partial charge on any atom is -0.403 e. The Balaban J connectivity index is 0.000000383. The van der Waals surface area contributed by atoms with Gasteiger partial charge in [0.1, 0.15) is 0 Å². The molecule has 0 amide bonds. The first-order chi connectivity index (χ1) is 14.7. The number of nitrogens with one attached hydrogen (secondary N) is 2. The lowest BCUT2D eigenvalue weighted by Gasteiger charge is -2.32. The Labute approximate surface area is 196 Å². The first-order valence-corrected chi connectivity index (χ1v) is 10.1. The Morgan fingerprint density at radius 3 is 1.67 bits per heavy atom. The summed E-state index contributed by atoms with van der Waals surface area (Å²) in [6, 6.07) is 0.402. The van der Waals surface area contributed by atoms with Crippen LogP contribution in [0.1, 0.15) is 33.3 Å². The SMILES string of the molecule is CC1(C)OB(CC=N)OC1(C)C.NCNc1c(Cl)cc(C(F)(C(F)(F)F)C(F)(F)F)cc1Cl. The van der Waals surface area contributed by atoms with Gasteiger partial charge in [0.2, 0.25) is 0 Å². The Hall–Kier alpha value is -1.28. The number of hydrogen-bond acceptors (Lipinski definition) is 5. The molecule has 0 spiro atoms. The van der Waals surface area contributed by atoms with Crippen LogP contribution in [0.3, 0.4) is 0 Å². The van der Waals surface area contributed by atoms with Crippen molar-refractivity contribution in [2.45, 2.75) is 63.2 Å². The number of benzene rings is 1. The second kappa shape index (κ2) is 10.1. The van der Waals surface area contributed by atoms with E-state index in [1.807, 2.05) is 27.7 Å². The molecule has 1 aromatic rings. The van der Waals surface area contributed by atoms with Gasteiger partial charge in [-0.1, -0.05) is 23.2 Å². The third-order valence-electron chi connectivity index (χ3n) is 5.11. The van der Waals surface area contributed by atoms with Gasteiger partial charge in [-0.25, -0.2) is 4.39 Å². The molecule has 1 aromatic carbocycles. The highest BCUT2D eigenvalue weighted by Crippen LogP contribution is 2.54. The second-order valence-electron chi connectivity index (χ2n) is 7.98. The van der Waals surface area contributed by atoms with E-state index in [-0.39, 0.29) is 42.8 Å². The molecule has 1 aliphatic rings. The Morgan fingerprint density at radius 2 is 1.36 bits per heavy atom. The van der Waals surface area contributed by atoms with Crippen molar-refractivity contribution in [3.63, 3.8) is 0 Å². The van der Waals surface area contributed by atoms with Gasteiger partial charge in [-0.2, -0.15) is 26.3 Å². The highest BCUT2D eigenvalue weighted by Gasteiger charge is 2.73. The molecule has 0 saturated carbocycles. The Kier molecular flexibility index (Phi) is 9.15. The van der Waals surface area contributed by atoms with Crippen LogP contribution in [-0.2, 0) is 15.0 Å². The third-order valence-corrected chi connectivity index (χ3v) is 5.71. The molecule has 0 atom stereocenters. The summed E-state index contributed by atoms with van der Waals surface area (Å²) in [5, 5.41) is 8.02. The quantitative estimate of drug-likeness (QED) is 0.181. The number of alkyl halides is 7. The lowest BCUT2D eigenvalue weighted by atomic mass is 9.86. The highest BCUT2D eigenvalue weighted by atomic mass is 35.5. The summed E-state index contributed by atoms with van der Waals surface area (Å²) in [6.07, 6.45) is -10.6. The van der Waals surface area contributed by atoms with Gasteiger partial charge >= 0.3 is 25.1 Å². The fourth-order valence-electron chi connectivity index (χ4n) is 2.69. The number of halogens is 9.